The Morgan fingerprint density at radius 3 is 2.65 bits per heavy atom. The van der Waals surface area contributed by atoms with Crippen LogP contribution in [-0.2, 0) is 0 Å². The second kappa shape index (κ2) is 5.69. The maximum Gasteiger partial charge on any atom is 0.336 e. The average Bonchev–Trinajstić information content (AvgIpc) is 2.44. The standard InChI is InChI=1S/C15H15ClO4/c1-8(2)14(18)13(16)12-10(19-3)6-4-9-5-7-11(17)20-15(9)12/h4-7,13-14,18H,1H2,2-3H3/t13-,14-/m1/s1. The number of aliphatic hydroxyl groups is 1. The van der Waals surface area contributed by atoms with Gasteiger partial charge in [-0.25, -0.2) is 4.79 Å². The molecule has 0 spiro atoms. The van der Waals surface area contributed by atoms with Gasteiger partial charge in [-0.3, -0.25) is 0 Å². The van der Waals surface area contributed by atoms with Crippen molar-refractivity contribution < 1.29 is 14.3 Å². The Morgan fingerprint density at radius 2 is 2.05 bits per heavy atom. The summed E-state index contributed by atoms with van der Waals surface area (Å²) in [6.07, 6.45) is -0.971. The highest BCUT2D eigenvalue weighted by molar-refractivity contribution is 6.22. The Balaban J connectivity index is 2.73. The van der Waals surface area contributed by atoms with E-state index in [0.29, 0.717) is 27.9 Å². The number of halogens is 1. The van der Waals surface area contributed by atoms with E-state index in [0.717, 1.165) is 0 Å². The molecule has 106 valence electrons. The second-order valence-electron chi connectivity index (χ2n) is 4.55. The highest BCUT2D eigenvalue weighted by Gasteiger charge is 2.26. The first-order valence-corrected chi connectivity index (χ1v) is 6.47. The molecule has 5 heteroatoms. The van der Waals surface area contributed by atoms with Crippen LogP contribution in [0.25, 0.3) is 11.0 Å². The van der Waals surface area contributed by atoms with Gasteiger partial charge in [0.1, 0.15) is 11.3 Å². The van der Waals surface area contributed by atoms with E-state index in [4.69, 9.17) is 20.8 Å². The number of alkyl halides is 1. The van der Waals surface area contributed by atoms with E-state index in [9.17, 15) is 9.90 Å². The van der Waals surface area contributed by atoms with Crippen LogP contribution in [0.2, 0.25) is 0 Å². The molecule has 0 aliphatic carbocycles. The second-order valence-corrected chi connectivity index (χ2v) is 5.02. The highest BCUT2D eigenvalue weighted by atomic mass is 35.5. The van der Waals surface area contributed by atoms with Gasteiger partial charge in [-0.2, -0.15) is 0 Å². The predicted molar refractivity (Wildman–Crippen MR) is 78.5 cm³/mol. The van der Waals surface area contributed by atoms with Crippen LogP contribution in [0.3, 0.4) is 0 Å². The minimum absolute atomic E-state index is 0.317. The molecule has 1 aromatic heterocycles. The normalized spacial score (nSPS) is 14.0. The van der Waals surface area contributed by atoms with Gasteiger partial charge in [0.2, 0.25) is 0 Å². The van der Waals surface area contributed by atoms with Gasteiger partial charge in [0.25, 0.3) is 0 Å². The molecule has 0 saturated carbocycles. The van der Waals surface area contributed by atoms with Gasteiger partial charge in [0, 0.05) is 11.5 Å². The topological polar surface area (TPSA) is 59.7 Å². The lowest BCUT2D eigenvalue weighted by atomic mass is 9.99. The van der Waals surface area contributed by atoms with Crippen LogP contribution in [0.1, 0.15) is 17.9 Å². The lowest BCUT2D eigenvalue weighted by Gasteiger charge is -2.20. The number of rotatable bonds is 4. The molecule has 20 heavy (non-hydrogen) atoms. The van der Waals surface area contributed by atoms with Crippen molar-refractivity contribution in [3.8, 4) is 5.75 Å². The van der Waals surface area contributed by atoms with Crippen molar-refractivity contribution in [2.45, 2.75) is 18.4 Å². The highest BCUT2D eigenvalue weighted by Crippen LogP contribution is 2.38. The largest absolute Gasteiger partial charge is 0.496 e. The summed E-state index contributed by atoms with van der Waals surface area (Å²) in [7, 11) is 1.49. The molecule has 4 nitrogen and oxygen atoms in total. The van der Waals surface area contributed by atoms with Crippen LogP contribution in [0, 0.1) is 0 Å². The number of fused-ring (bicyclic) bond motifs is 1. The molecule has 0 amide bonds. The van der Waals surface area contributed by atoms with Crippen molar-refractivity contribution >= 4 is 22.6 Å². The zero-order chi connectivity index (χ0) is 14.9. The molecule has 0 aliphatic heterocycles. The molecule has 0 radical (unpaired) electrons. The molecule has 2 aromatic rings. The summed E-state index contributed by atoms with van der Waals surface area (Å²) < 4.78 is 10.5. The maximum absolute atomic E-state index is 11.4. The summed E-state index contributed by atoms with van der Waals surface area (Å²) in [6.45, 7) is 5.36. The van der Waals surface area contributed by atoms with E-state index in [2.05, 4.69) is 6.58 Å². The summed E-state index contributed by atoms with van der Waals surface area (Å²) in [6, 6.07) is 6.45. The van der Waals surface area contributed by atoms with Crippen molar-refractivity contribution in [1.82, 2.24) is 0 Å². The molecule has 2 rings (SSSR count). The van der Waals surface area contributed by atoms with E-state index in [1.807, 2.05) is 0 Å². The fourth-order valence-electron chi connectivity index (χ4n) is 1.98. The molecule has 0 saturated heterocycles. The van der Waals surface area contributed by atoms with Gasteiger partial charge in [0.15, 0.2) is 0 Å². The number of hydrogen-bond acceptors (Lipinski definition) is 4. The van der Waals surface area contributed by atoms with Gasteiger partial charge in [-0.05, 0) is 25.1 Å². The average molecular weight is 295 g/mol. The quantitative estimate of drug-likeness (QED) is 0.535. The van der Waals surface area contributed by atoms with Crippen molar-refractivity contribution in [2.24, 2.45) is 0 Å². The summed E-state index contributed by atoms with van der Waals surface area (Å²) in [5, 5.41) is 9.98. The molecule has 0 unspecified atom stereocenters. The predicted octanol–water partition coefficient (Wildman–Crippen LogP) is 3.02. The van der Waals surface area contributed by atoms with Crippen molar-refractivity contribution in [3.63, 3.8) is 0 Å². The zero-order valence-corrected chi connectivity index (χ0v) is 12.0. The van der Waals surface area contributed by atoms with Crippen molar-refractivity contribution in [1.29, 1.82) is 0 Å². The van der Waals surface area contributed by atoms with Crippen LogP contribution in [0.15, 0.2) is 45.6 Å². The molecule has 1 aromatic carbocycles. The molecule has 2 atom stereocenters. The lowest BCUT2D eigenvalue weighted by Crippen LogP contribution is -2.16. The lowest BCUT2D eigenvalue weighted by molar-refractivity contribution is 0.204. The monoisotopic (exact) mass is 294 g/mol. The van der Waals surface area contributed by atoms with Gasteiger partial charge < -0.3 is 14.3 Å². The van der Waals surface area contributed by atoms with E-state index in [-0.39, 0.29) is 0 Å². The van der Waals surface area contributed by atoms with Gasteiger partial charge in [-0.15, -0.1) is 11.6 Å². The maximum atomic E-state index is 11.4. The zero-order valence-electron chi connectivity index (χ0n) is 11.2. The number of methoxy groups -OCH3 is 1. The molecule has 0 aliphatic rings. The van der Waals surface area contributed by atoms with Crippen LogP contribution >= 0.6 is 11.6 Å². The van der Waals surface area contributed by atoms with Crippen LogP contribution < -0.4 is 10.4 Å². The summed E-state index contributed by atoms with van der Waals surface area (Å²) in [5.74, 6) is 0.451. The number of benzene rings is 1. The van der Waals surface area contributed by atoms with E-state index < -0.39 is 17.1 Å². The Bertz CT molecular complexity index is 705. The Labute approximate surface area is 121 Å². The summed E-state index contributed by atoms with van der Waals surface area (Å²) in [5.41, 5.74) is 0.792. The molecule has 0 bridgehead atoms. The van der Waals surface area contributed by atoms with Crippen LogP contribution in [0.4, 0.5) is 0 Å². The SMILES string of the molecule is C=C(C)[C@@H](O)[C@H](Cl)c1c(OC)ccc2ccc(=O)oc12. The van der Waals surface area contributed by atoms with Crippen LogP contribution in [0.5, 0.6) is 5.75 Å². The van der Waals surface area contributed by atoms with Crippen LogP contribution in [-0.4, -0.2) is 18.3 Å². The van der Waals surface area contributed by atoms with E-state index >= 15 is 0 Å². The first kappa shape index (κ1) is 14.6. The summed E-state index contributed by atoms with van der Waals surface area (Å²) >= 11 is 6.31. The molecular formula is C15H15ClO4. The van der Waals surface area contributed by atoms with Gasteiger partial charge in [0.05, 0.1) is 24.2 Å². The first-order valence-electron chi connectivity index (χ1n) is 6.04. The Kier molecular flexibility index (Phi) is 4.16. The van der Waals surface area contributed by atoms with Crippen molar-refractivity contribution in [2.75, 3.05) is 7.11 Å². The molecular weight excluding hydrogens is 280 g/mol. The molecule has 0 fully saturated rings. The number of aliphatic hydroxyl groups excluding tert-OH is 1. The molecule has 1 N–H and O–H groups in total. The summed E-state index contributed by atoms with van der Waals surface area (Å²) in [4.78, 5) is 11.4. The third-order valence-electron chi connectivity index (χ3n) is 3.07. The third-order valence-corrected chi connectivity index (χ3v) is 3.52. The number of ether oxygens (including phenoxy) is 1. The minimum Gasteiger partial charge on any atom is -0.496 e. The fraction of sp³-hybridized carbons (Fsp3) is 0.267. The van der Waals surface area contributed by atoms with E-state index in [1.54, 1.807) is 25.1 Å². The van der Waals surface area contributed by atoms with E-state index in [1.165, 1.54) is 13.2 Å². The number of hydrogen-bond donors (Lipinski definition) is 1. The fourth-order valence-corrected chi connectivity index (χ4v) is 2.40. The van der Waals surface area contributed by atoms with Gasteiger partial charge >= 0.3 is 5.63 Å². The third kappa shape index (κ3) is 2.57. The molecule has 1 heterocycles. The first-order chi connectivity index (χ1) is 9.45. The Morgan fingerprint density at radius 1 is 1.40 bits per heavy atom. The Hall–Kier alpha value is -1.78. The van der Waals surface area contributed by atoms with Crippen molar-refractivity contribution in [3.05, 3.63) is 52.4 Å². The van der Waals surface area contributed by atoms with Gasteiger partial charge in [-0.1, -0.05) is 12.2 Å². The smallest absolute Gasteiger partial charge is 0.336 e. The minimum atomic E-state index is -0.971.